The smallest absolute Gasteiger partial charge is 0.211 e. The van der Waals surface area contributed by atoms with Gasteiger partial charge in [-0.1, -0.05) is 60.7 Å². The molecule has 2 N–H and O–H groups in total. The SMILES string of the molecule is CN=C(NCCC(c1ccccc1)c1ccccc1)NCC1CCN(S(C)(=O)=O)CC1. The first-order valence-electron chi connectivity index (χ1n) is 11.0. The van der Waals surface area contributed by atoms with Gasteiger partial charge in [0, 0.05) is 39.1 Å². The highest BCUT2D eigenvalue weighted by molar-refractivity contribution is 7.88. The first kappa shape index (κ1) is 23.3. The average molecular weight is 443 g/mol. The van der Waals surface area contributed by atoms with Gasteiger partial charge in [-0.15, -0.1) is 0 Å². The molecule has 1 aliphatic heterocycles. The summed E-state index contributed by atoms with van der Waals surface area (Å²) in [5.41, 5.74) is 2.63. The van der Waals surface area contributed by atoms with Crippen molar-refractivity contribution in [1.29, 1.82) is 0 Å². The van der Waals surface area contributed by atoms with E-state index in [-0.39, 0.29) is 0 Å². The summed E-state index contributed by atoms with van der Waals surface area (Å²) < 4.78 is 24.9. The predicted octanol–water partition coefficient (Wildman–Crippen LogP) is 3.05. The van der Waals surface area contributed by atoms with Crippen molar-refractivity contribution in [2.24, 2.45) is 10.9 Å². The average Bonchev–Trinajstić information content (AvgIpc) is 2.79. The standard InChI is InChI=1S/C24H34N4O2S/c1-25-24(27-19-20-14-17-28(18-15-20)31(2,29)30)26-16-13-23(21-9-5-3-6-10-21)22-11-7-4-8-12-22/h3-12,20,23H,13-19H2,1-2H3,(H2,25,26,27). The molecule has 0 spiro atoms. The third-order valence-electron chi connectivity index (χ3n) is 5.95. The molecule has 7 heteroatoms. The van der Waals surface area contributed by atoms with Gasteiger partial charge < -0.3 is 10.6 Å². The minimum Gasteiger partial charge on any atom is -0.356 e. The number of sulfonamides is 1. The molecular weight excluding hydrogens is 408 g/mol. The molecule has 6 nitrogen and oxygen atoms in total. The lowest BCUT2D eigenvalue weighted by Gasteiger charge is -2.30. The first-order chi connectivity index (χ1) is 15.0. The van der Waals surface area contributed by atoms with Gasteiger partial charge in [0.25, 0.3) is 0 Å². The Bertz CT molecular complexity index is 885. The molecule has 1 heterocycles. The van der Waals surface area contributed by atoms with E-state index in [1.54, 1.807) is 11.4 Å². The molecular formula is C24H34N4O2S. The van der Waals surface area contributed by atoms with Crippen molar-refractivity contribution in [3.63, 3.8) is 0 Å². The van der Waals surface area contributed by atoms with Crippen molar-refractivity contribution in [3.05, 3.63) is 71.8 Å². The lowest BCUT2D eigenvalue weighted by Crippen LogP contribution is -2.44. The van der Waals surface area contributed by atoms with Gasteiger partial charge >= 0.3 is 0 Å². The number of hydrogen-bond donors (Lipinski definition) is 2. The number of benzene rings is 2. The zero-order chi connectivity index (χ0) is 22.1. The summed E-state index contributed by atoms with van der Waals surface area (Å²) >= 11 is 0. The molecule has 0 amide bonds. The molecule has 2 aromatic carbocycles. The topological polar surface area (TPSA) is 73.8 Å². The number of hydrogen-bond acceptors (Lipinski definition) is 3. The quantitative estimate of drug-likeness (QED) is 0.487. The van der Waals surface area contributed by atoms with Gasteiger partial charge in [0.05, 0.1) is 6.26 Å². The Balaban J connectivity index is 1.49. The molecule has 1 aliphatic rings. The van der Waals surface area contributed by atoms with Gasteiger partial charge in [-0.2, -0.15) is 0 Å². The molecule has 0 saturated carbocycles. The van der Waals surface area contributed by atoms with Crippen LogP contribution < -0.4 is 10.6 Å². The van der Waals surface area contributed by atoms with E-state index in [0.29, 0.717) is 24.9 Å². The maximum Gasteiger partial charge on any atom is 0.211 e. The zero-order valence-electron chi connectivity index (χ0n) is 18.5. The van der Waals surface area contributed by atoms with E-state index < -0.39 is 10.0 Å². The van der Waals surface area contributed by atoms with Crippen molar-refractivity contribution in [2.45, 2.75) is 25.2 Å². The fraction of sp³-hybridized carbons (Fsp3) is 0.458. The molecule has 31 heavy (non-hydrogen) atoms. The second-order valence-corrected chi connectivity index (χ2v) is 10.1. The summed E-state index contributed by atoms with van der Waals surface area (Å²) in [7, 11) is -1.29. The second kappa shape index (κ2) is 11.3. The van der Waals surface area contributed by atoms with E-state index in [2.05, 4.69) is 76.3 Å². The maximum absolute atomic E-state index is 11.7. The van der Waals surface area contributed by atoms with E-state index in [4.69, 9.17) is 0 Å². The van der Waals surface area contributed by atoms with E-state index in [9.17, 15) is 8.42 Å². The Morgan fingerprint density at radius 2 is 1.55 bits per heavy atom. The van der Waals surface area contributed by atoms with Gasteiger partial charge in [-0.05, 0) is 36.3 Å². The van der Waals surface area contributed by atoms with Crippen LogP contribution >= 0.6 is 0 Å². The number of aliphatic imine (C=N–C) groups is 1. The molecule has 3 rings (SSSR count). The molecule has 0 atom stereocenters. The lowest BCUT2D eigenvalue weighted by molar-refractivity contribution is 0.275. The van der Waals surface area contributed by atoms with Gasteiger partial charge in [-0.3, -0.25) is 4.99 Å². The number of piperidine rings is 1. The fourth-order valence-electron chi connectivity index (χ4n) is 4.14. The third-order valence-corrected chi connectivity index (χ3v) is 7.26. The van der Waals surface area contributed by atoms with Crippen molar-refractivity contribution in [3.8, 4) is 0 Å². The fourth-order valence-corrected chi connectivity index (χ4v) is 5.01. The number of rotatable bonds is 8. The van der Waals surface area contributed by atoms with Crippen LogP contribution in [0.25, 0.3) is 0 Å². The van der Waals surface area contributed by atoms with Gasteiger partial charge in [0.15, 0.2) is 5.96 Å². The molecule has 168 valence electrons. The highest BCUT2D eigenvalue weighted by atomic mass is 32.2. The zero-order valence-corrected chi connectivity index (χ0v) is 19.3. The molecule has 0 aliphatic carbocycles. The van der Waals surface area contributed by atoms with Gasteiger partial charge in [0.2, 0.25) is 10.0 Å². The first-order valence-corrected chi connectivity index (χ1v) is 12.8. The van der Waals surface area contributed by atoms with Crippen LogP contribution in [0.3, 0.4) is 0 Å². The largest absolute Gasteiger partial charge is 0.356 e. The summed E-state index contributed by atoms with van der Waals surface area (Å²) in [5.74, 6) is 1.58. The van der Waals surface area contributed by atoms with Crippen LogP contribution in [0.1, 0.15) is 36.3 Å². The Hall–Kier alpha value is -2.38. The number of nitrogens with one attached hydrogen (secondary N) is 2. The lowest BCUT2D eigenvalue weighted by atomic mass is 9.88. The van der Waals surface area contributed by atoms with Crippen LogP contribution in [0.5, 0.6) is 0 Å². The Morgan fingerprint density at radius 1 is 1.00 bits per heavy atom. The van der Waals surface area contributed by atoms with E-state index >= 15 is 0 Å². The Labute approximate surface area is 186 Å². The van der Waals surface area contributed by atoms with Crippen molar-refractivity contribution >= 4 is 16.0 Å². The van der Waals surface area contributed by atoms with E-state index in [0.717, 1.165) is 38.3 Å². The normalized spacial score (nSPS) is 16.4. The van der Waals surface area contributed by atoms with Gasteiger partial charge in [0.1, 0.15) is 0 Å². The Kier molecular flexibility index (Phi) is 8.49. The molecule has 0 radical (unpaired) electrons. The van der Waals surface area contributed by atoms with Crippen LogP contribution in [0, 0.1) is 5.92 Å². The summed E-state index contributed by atoms with van der Waals surface area (Å²) in [6.45, 7) is 2.82. The summed E-state index contributed by atoms with van der Waals surface area (Å²) in [4.78, 5) is 4.36. The van der Waals surface area contributed by atoms with Crippen LogP contribution in [0.4, 0.5) is 0 Å². The maximum atomic E-state index is 11.7. The van der Waals surface area contributed by atoms with E-state index in [1.807, 2.05) is 0 Å². The summed E-state index contributed by atoms with van der Waals surface area (Å²) in [6.07, 6.45) is 4.00. The molecule has 0 bridgehead atoms. The van der Waals surface area contributed by atoms with Crippen molar-refractivity contribution in [2.75, 3.05) is 39.5 Å². The summed E-state index contributed by atoms with van der Waals surface area (Å²) in [6, 6.07) is 21.2. The van der Waals surface area contributed by atoms with Crippen LogP contribution in [0.15, 0.2) is 65.7 Å². The number of nitrogens with zero attached hydrogens (tertiary/aromatic N) is 2. The van der Waals surface area contributed by atoms with Crippen molar-refractivity contribution < 1.29 is 8.42 Å². The third kappa shape index (κ3) is 7.08. The highest BCUT2D eigenvalue weighted by Gasteiger charge is 2.24. The monoisotopic (exact) mass is 442 g/mol. The molecule has 2 aromatic rings. The second-order valence-electron chi connectivity index (χ2n) is 8.15. The molecule has 0 aromatic heterocycles. The predicted molar refractivity (Wildman–Crippen MR) is 128 cm³/mol. The molecule has 1 fully saturated rings. The minimum atomic E-state index is -3.07. The van der Waals surface area contributed by atoms with Crippen LogP contribution in [0.2, 0.25) is 0 Å². The van der Waals surface area contributed by atoms with Crippen LogP contribution in [-0.4, -0.2) is 58.2 Å². The summed E-state index contributed by atoms with van der Waals surface area (Å²) in [5, 5.41) is 6.86. The van der Waals surface area contributed by atoms with E-state index in [1.165, 1.54) is 17.4 Å². The number of guanidine groups is 1. The van der Waals surface area contributed by atoms with Crippen LogP contribution in [-0.2, 0) is 10.0 Å². The molecule has 0 unspecified atom stereocenters. The Morgan fingerprint density at radius 3 is 2.03 bits per heavy atom. The molecule has 1 saturated heterocycles. The highest BCUT2D eigenvalue weighted by Crippen LogP contribution is 2.27. The van der Waals surface area contributed by atoms with Crippen molar-refractivity contribution in [1.82, 2.24) is 14.9 Å². The minimum absolute atomic E-state index is 0.327. The van der Waals surface area contributed by atoms with Gasteiger partial charge in [-0.25, -0.2) is 12.7 Å².